The quantitative estimate of drug-likeness (QED) is 0.713. The van der Waals surface area contributed by atoms with Gasteiger partial charge in [0.15, 0.2) is 0 Å². The van der Waals surface area contributed by atoms with Crippen molar-refractivity contribution < 1.29 is 9.53 Å². The molecule has 23 heavy (non-hydrogen) atoms. The molecule has 0 fully saturated rings. The highest BCUT2D eigenvalue weighted by Gasteiger charge is 2.24. The molecule has 4 heteroatoms. The molecule has 3 rings (SSSR count). The van der Waals surface area contributed by atoms with E-state index in [0.717, 1.165) is 16.8 Å². The summed E-state index contributed by atoms with van der Waals surface area (Å²) in [6, 6.07) is 19.3. The molecule has 0 aliphatic carbocycles. The van der Waals surface area contributed by atoms with Crippen molar-refractivity contribution in [3.63, 3.8) is 0 Å². The Hall–Kier alpha value is -3.01. The van der Waals surface area contributed by atoms with Crippen LogP contribution in [0.3, 0.4) is 0 Å². The summed E-state index contributed by atoms with van der Waals surface area (Å²) in [7, 11) is 0. The molecule has 0 unspecified atom stereocenters. The van der Waals surface area contributed by atoms with Gasteiger partial charge in [0.25, 0.3) is 0 Å². The minimum Gasteiger partial charge on any atom is -0.462 e. The van der Waals surface area contributed by atoms with Gasteiger partial charge in [0.2, 0.25) is 0 Å². The number of nitrogens with one attached hydrogen (secondary N) is 1. The van der Waals surface area contributed by atoms with Gasteiger partial charge in [0.05, 0.1) is 23.7 Å². The molecular formula is C19H18N2O2. The summed E-state index contributed by atoms with van der Waals surface area (Å²) in [5.41, 5.74) is 10.3. The Morgan fingerprint density at radius 2 is 1.48 bits per heavy atom. The zero-order valence-corrected chi connectivity index (χ0v) is 12.9. The number of hydrogen-bond donors (Lipinski definition) is 2. The molecule has 116 valence electrons. The average molecular weight is 306 g/mol. The standard InChI is InChI=1S/C19H18N2O2/c1-2-23-19(22)15-16(20)18(14-11-7-4-8-12-14)21-17(15)13-9-5-3-6-10-13/h3-12,21H,2,20H2,1H3. The Kier molecular flexibility index (Phi) is 4.15. The number of aromatic amines is 1. The van der Waals surface area contributed by atoms with E-state index in [2.05, 4.69) is 4.98 Å². The molecule has 0 saturated heterocycles. The SMILES string of the molecule is CCOC(=O)c1c(-c2ccccc2)[nH]c(-c2ccccc2)c1N. The Morgan fingerprint density at radius 1 is 0.957 bits per heavy atom. The number of carbonyl (C=O) groups excluding carboxylic acids is 1. The molecular weight excluding hydrogens is 288 g/mol. The second-order valence-corrected chi connectivity index (χ2v) is 5.12. The number of aromatic nitrogens is 1. The summed E-state index contributed by atoms with van der Waals surface area (Å²) >= 11 is 0. The van der Waals surface area contributed by atoms with Crippen molar-refractivity contribution in [2.24, 2.45) is 0 Å². The van der Waals surface area contributed by atoms with Gasteiger partial charge < -0.3 is 15.5 Å². The fraction of sp³-hybridized carbons (Fsp3) is 0.105. The molecule has 2 aromatic carbocycles. The first-order chi connectivity index (χ1) is 11.2. The lowest BCUT2D eigenvalue weighted by Gasteiger charge is -2.05. The first-order valence-electron chi connectivity index (χ1n) is 7.51. The van der Waals surface area contributed by atoms with Crippen molar-refractivity contribution in [3.05, 3.63) is 66.2 Å². The van der Waals surface area contributed by atoms with Gasteiger partial charge in [-0.3, -0.25) is 0 Å². The molecule has 4 nitrogen and oxygen atoms in total. The van der Waals surface area contributed by atoms with Gasteiger partial charge in [-0.05, 0) is 12.5 Å². The molecule has 0 amide bonds. The molecule has 0 atom stereocenters. The lowest BCUT2D eigenvalue weighted by molar-refractivity contribution is 0.0528. The lowest BCUT2D eigenvalue weighted by atomic mass is 10.1. The van der Waals surface area contributed by atoms with Crippen LogP contribution < -0.4 is 5.73 Å². The molecule has 1 aromatic heterocycles. The molecule has 1 heterocycles. The number of esters is 1. The summed E-state index contributed by atoms with van der Waals surface area (Å²) in [5, 5.41) is 0. The maximum Gasteiger partial charge on any atom is 0.342 e. The third-order valence-corrected chi connectivity index (χ3v) is 3.64. The highest BCUT2D eigenvalue weighted by atomic mass is 16.5. The van der Waals surface area contributed by atoms with Gasteiger partial charge in [0, 0.05) is 5.56 Å². The van der Waals surface area contributed by atoms with Gasteiger partial charge in [-0.1, -0.05) is 60.7 Å². The molecule has 0 bridgehead atoms. The molecule has 3 N–H and O–H groups in total. The fourth-order valence-corrected chi connectivity index (χ4v) is 2.58. The first-order valence-corrected chi connectivity index (χ1v) is 7.51. The number of ether oxygens (including phenoxy) is 1. The van der Waals surface area contributed by atoms with E-state index in [1.807, 2.05) is 60.7 Å². The lowest BCUT2D eigenvalue weighted by Crippen LogP contribution is -2.07. The number of nitrogen functional groups attached to an aromatic ring is 1. The maximum absolute atomic E-state index is 12.4. The Labute approximate surface area is 134 Å². The van der Waals surface area contributed by atoms with E-state index < -0.39 is 5.97 Å². The first kappa shape index (κ1) is 14.9. The number of hydrogen-bond acceptors (Lipinski definition) is 3. The predicted octanol–water partition coefficient (Wildman–Crippen LogP) is 4.11. The van der Waals surface area contributed by atoms with Gasteiger partial charge in [-0.2, -0.15) is 0 Å². The highest BCUT2D eigenvalue weighted by molar-refractivity contribution is 6.05. The van der Waals surface area contributed by atoms with Gasteiger partial charge in [0.1, 0.15) is 5.56 Å². The minimum absolute atomic E-state index is 0.304. The highest BCUT2D eigenvalue weighted by Crippen LogP contribution is 2.36. The topological polar surface area (TPSA) is 68.1 Å². The summed E-state index contributed by atoms with van der Waals surface area (Å²) in [6.45, 7) is 2.08. The third kappa shape index (κ3) is 2.83. The Balaban J connectivity index is 2.20. The molecule has 0 aliphatic rings. The van der Waals surface area contributed by atoms with E-state index in [9.17, 15) is 4.79 Å². The normalized spacial score (nSPS) is 10.5. The minimum atomic E-state index is -0.415. The van der Waals surface area contributed by atoms with Crippen LogP contribution >= 0.6 is 0 Å². The monoisotopic (exact) mass is 306 g/mol. The maximum atomic E-state index is 12.4. The van der Waals surface area contributed by atoms with Crippen LogP contribution in [0.15, 0.2) is 60.7 Å². The van der Waals surface area contributed by atoms with Crippen LogP contribution in [0.1, 0.15) is 17.3 Å². The van der Waals surface area contributed by atoms with Crippen molar-refractivity contribution in [3.8, 4) is 22.5 Å². The Morgan fingerprint density at radius 3 is 2.00 bits per heavy atom. The second-order valence-electron chi connectivity index (χ2n) is 5.12. The van der Waals surface area contributed by atoms with Gasteiger partial charge >= 0.3 is 5.97 Å². The largest absolute Gasteiger partial charge is 0.462 e. The molecule has 0 aliphatic heterocycles. The molecule has 0 saturated carbocycles. The van der Waals surface area contributed by atoms with Crippen molar-refractivity contribution in [1.29, 1.82) is 0 Å². The van der Waals surface area contributed by atoms with Crippen LogP contribution in [0, 0.1) is 0 Å². The summed E-state index contributed by atoms with van der Waals surface area (Å²) < 4.78 is 5.18. The van der Waals surface area contributed by atoms with Crippen molar-refractivity contribution in [2.45, 2.75) is 6.92 Å². The smallest absolute Gasteiger partial charge is 0.342 e. The van der Waals surface area contributed by atoms with Crippen LogP contribution in [0.4, 0.5) is 5.69 Å². The van der Waals surface area contributed by atoms with E-state index in [4.69, 9.17) is 10.5 Å². The van der Waals surface area contributed by atoms with Gasteiger partial charge in [-0.15, -0.1) is 0 Å². The van der Waals surface area contributed by atoms with Gasteiger partial charge in [-0.25, -0.2) is 4.79 Å². The number of H-pyrrole nitrogens is 1. The van der Waals surface area contributed by atoms with Crippen LogP contribution in [-0.2, 0) is 4.74 Å². The van der Waals surface area contributed by atoms with Crippen molar-refractivity contribution in [2.75, 3.05) is 12.3 Å². The number of carbonyl (C=O) groups is 1. The van der Waals surface area contributed by atoms with Crippen LogP contribution in [0.2, 0.25) is 0 Å². The van der Waals surface area contributed by atoms with E-state index in [1.54, 1.807) is 6.92 Å². The van der Waals surface area contributed by atoms with Crippen LogP contribution in [-0.4, -0.2) is 17.6 Å². The summed E-state index contributed by atoms with van der Waals surface area (Å²) in [6.07, 6.45) is 0. The molecule has 3 aromatic rings. The number of nitrogens with two attached hydrogens (primary N) is 1. The van der Waals surface area contributed by atoms with E-state index in [-0.39, 0.29) is 0 Å². The van der Waals surface area contributed by atoms with Crippen molar-refractivity contribution in [1.82, 2.24) is 4.98 Å². The zero-order chi connectivity index (χ0) is 16.2. The number of rotatable bonds is 4. The van der Waals surface area contributed by atoms with Crippen molar-refractivity contribution >= 4 is 11.7 Å². The molecule has 0 radical (unpaired) electrons. The fourth-order valence-electron chi connectivity index (χ4n) is 2.58. The van der Waals surface area contributed by atoms with E-state index in [0.29, 0.717) is 23.6 Å². The molecule has 0 spiro atoms. The third-order valence-electron chi connectivity index (χ3n) is 3.64. The second kappa shape index (κ2) is 6.40. The van der Waals surface area contributed by atoms with E-state index >= 15 is 0 Å². The number of anilines is 1. The zero-order valence-electron chi connectivity index (χ0n) is 12.9. The van der Waals surface area contributed by atoms with Crippen LogP contribution in [0.25, 0.3) is 22.5 Å². The predicted molar refractivity (Wildman–Crippen MR) is 92.0 cm³/mol. The Bertz CT molecular complexity index is 808. The summed E-state index contributed by atoms with van der Waals surface area (Å²) in [4.78, 5) is 15.7. The number of benzene rings is 2. The van der Waals surface area contributed by atoms with E-state index in [1.165, 1.54) is 0 Å². The van der Waals surface area contributed by atoms with Crippen LogP contribution in [0.5, 0.6) is 0 Å². The average Bonchev–Trinajstić information content (AvgIpc) is 2.94. The summed E-state index contributed by atoms with van der Waals surface area (Å²) in [5.74, 6) is -0.415.